The number of halogens is 6. The predicted molar refractivity (Wildman–Crippen MR) is 65.2 cm³/mol. The van der Waals surface area contributed by atoms with E-state index in [0.29, 0.717) is 4.47 Å². The Balaban J connectivity index is 2.54. The molecular formula is C13H6BrF5O. The molecule has 2 aromatic carbocycles. The summed E-state index contributed by atoms with van der Waals surface area (Å²) in [7, 11) is 0. The van der Waals surface area contributed by atoms with Crippen molar-refractivity contribution in [1.82, 2.24) is 0 Å². The van der Waals surface area contributed by atoms with E-state index in [2.05, 4.69) is 15.9 Å². The molecule has 0 spiro atoms. The minimum Gasteiger partial charge on any atom is -0.450 e. The molecule has 1 nitrogen and oxygen atoms in total. The van der Waals surface area contributed by atoms with Crippen LogP contribution in [0.3, 0.4) is 0 Å². The zero-order valence-corrected chi connectivity index (χ0v) is 11.5. The van der Waals surface area contributed by atoms with Gasteiger partial charge >= 0.3 is 0 Å². The molecule has 0 unspecified atom stereocenters. The van der Waals surface area contributed by atoms with Gasteiger partial charge in [0.25, 0.3) is 0 Å². The van der Waals surface area contributed by atoms with E-state index < -0.39 is 34.8 Å². The number of benzene rings is 2. The Morgan fingerprint density at radius 3 is 1.85 bits per heavy atom. The van der Waals surface area contributed by atoms with Gasteiger partial charge < -0.3 is 4.74 Å². The molecule has 106 valence electrons. The highest BCUT2D eigenvalue weighted by Gasteiger charge is 2.27. The molecule has 0 aliphatic heterocycles. The molecule has 0 saturated carbocycles. The van der Waals surface area contributed by atoms with Crippen molar-refractivity contribution in [1.29, 1.82) is 0 Å². The van der Waals surface area contributed by atoms with Gasteiger partial charge in [0.2, 0.25) is 34.8 Å². The van der Waals surface area contributed by atoms with Crippen LogP contribution in [0.15, 0.2) is 22.7 Å². The molecule has 0 atom stereocenters. The number of aryl methyl sites for hydroxylation is 1. The van der Waals surface area contributed by atoms with Crippen LogP contribution in [-0.2, 0) is 0 Å². The Morgan fingerprint density at radius 2 is 1.35 bits per heavy atom. The van der Waals surface area contributed by atoms with E-state index in [0.717, 1.165) is 5.56 Å². The molecule has 0 saturated heterocycles. The maximum atomic E-state index is 13.4. The van der Waals surface area contributed by atoms with Crippen molar-refractivity contribution in [3.8, 4) is 11.5 Å². The smallest absolute Gasteiger partial charge is 0.207 e. The second-order valence-electron chi connectivity index (χ2n) is 3.93. The lowest BCUT2D eigenvalue weighted by Crippen LogP contribution is -2.04. The summed E-state index contributed by atoms with van der Waals surface area (Å²) in [5.41, 5.74) is 0.821. The fraction of sp³-hybridized carbons (Fsp3) is 0.0769. The molecule has 0 aliphatic carbocycles. The van der Waals surface area contributed by atoms with Crippen molar-refractivity contribution < 1.29 is 26.7 Å². The number of rotatable bonds is 2. The molecule has 2 rings (SSSR count). The van der Waals surface area contributed by atoms with E-state index in [9.17, 15) is 22.0 Å². The van der Waals surface area contributed by atoms with Crippen LogP contribution in [0.4, 0.5) is 22.0 Å². The highest BCUT2D eigenvalue weighted by atomic mass is 79.9. The average Bonchev–Trinajstić information content (AvgIpc) is 2.41. The van der Waals surface area contributed by atoms with Gasteiger partial charge in [-0.25, -0.2) is 13.2 Å². The minimum atomic E-state index is -2.23. The van der Waals surface area contributed by atoms with Crippen LogP contribution in [0, 0.1) is 36.0 Å². The maximum Gasteiger partial charge on any atom is 0.207 e. The van der Waals surface area contributed by atoms with Crippen LogP contribution in [0.1, 0.15) is 5.56 Å². The maximum absolute atomic E-state index is 13.4. The van der Waals surface area contributed by atoms with Crippen molar-refractivity contribution in [2.24, 2.45) is 0 Å². The molecule has 0 N–H and O–H groups in total. The first-order chi connectivity index (χ1) is 9.32. The first kappa shape index (κ1) is 14.8. The van der Waals surface area contributed by atoms with Crippen molar-refractivity contribution >= 4 is 15.9 Å². The van der Waals surface area contributed by atoms with E-state index in [1.165, 1.54) is 6.07 Å². The quantitative estimate of drug-likeness (QED) is 0.407. The second kappa shape index (κ2) is 5.40. The molecule has 0 heterocycles. The summed E-state index contributed by atoms with van der Waals surface area (Å²) in [5, 5.41) is 0. The first-order valence-corrected chi connectivity index (χ1v) is 6.07. The Bertz CT molecular complexity index is 658. The Hall–Kier alpha value is -1.63. The van der Waals surface area contributed by atoms with Crippen LogP contribution in [0.2, 0.25) is 0 Å². The van der Waals surface area contributed by atoms with Gasteiger partial charge in [0, 0.05) is 0 Å². The van der Waals surface area contributed by atoms with Crippen molar-refractivity contribution in [3.05, 3.63) is 57.3 Å². The second-order valence-corrected chi connectivity index (χ2v) is 4.79. The predicted octanol–water partition coefficient (Wildman–Crippen LogP) is 5.25. The third kappa shape index (κ3) is 2.49. The van der Waals surface area contributed by atoms with Crippen molar-refractivity contribution in [2.45, 2.75) is 6.92 Å². The molecule has 20 heavy (non-hydrogen) atoms. The lowest BCUT2D eigenvalue weighted by Gasteiger charge is -2.11. The van der Waals surface area contributed by atoms with Gasteiger partial charge in [-0.1, -0.05) is 6.07 Å². The topological polar surface area (TPSA) is 9.23 Å². The monoisotopic (exact) mass is 352 g/mol. The fourth-order valence-electron chi connectivity index (χ4n) is 1.47. The van der Waals surface area contributed by atoms with Gasteiger partial charge in [0.1, 0.15) is 5.75 Å². The summed E-state index contributed by atoms with van der Waals surface area (Å²) >= 11 is 3.07. The third-order valence-corrected chi connectivity index (χ3v) is 3.09. The molecule has 0 radical (unpaired) electrons. The van der Waals surface area contributed by atoms with E-state index in [4.69, 9.17) is 4.74 Å². The Kier molecular flexibility index (Phi) is 3.99. The van der Waals surface area contributed by atoms with Gasteiger partial charge in [-0.2, -0.15) is 8.78 Å². The van der Waals surface area contributed by atoms with E-state index in [-0.39, 0.29) is 5.75 Å². The van der Waals surface area contributed by atoms with Crippen LogP contribution < -0.4 is 4.74 Å². The van der Waals surface area contributed by atoms with E-state index >= 15 is 0 Å². The molecule has 0 amide bonds. The Morgan fingerprint density at radius 1 is 0.850 bits per heavy atom. The summed E-state index contributed by atoms with van der Waals surface area (Å²) in [6.07, 6.45) is 0. The van der Waals surface area contributed by atoms with E-state index in [1.54, 1.807) is 19.1 Å². The van der Waals surface area contributed by atoms with Crippen LogP contribution in [0.5, 0.6) is 11.5 Å². The van der Waals surface area contributed by atoms with Crippen LogP contribution in [-0.4, -0.2) is 0 Å². The van der Waals surface area contributed by atoms with Gasteiger partial charge in [-0.05, 0) is 40.5 Å². The number of hydrogen-bond acceptors (Lipinski definition) is 1. The van der Waals surface area contributed by atoms with Gasteiger partial charge in [-0.3, -0.25) is 0 Å². The number of ether oxygens (including phenoxy) is 1. The average molecular weight is 353 g/mol. The summed E-state index contributed by atoms with van der Waals surface area (Å²) in [5.74, 6) is -11.8. The Labute approximate surface area is 119 Å². The highest BCUT2D eigenvalue weighted by molar-refractivity contribution is 9.10. The molecule has 0 aliphatic rings. The van der Waals surface area contributed by atoms with Crippen molar-refractivity contribution in [3.63, 3.8) is 0 Å². The molecule has 2 aromatic rings. The lowest BCUT2D eigenvalue weighted by molar-refractivity contribution is 0.331. The van der Waals surface area contributed by atoms with E-state index in [1.807, 2.05) is 0 Å². The highest BCUT2D eigenvalue weighted by Crippen LogP contribution is 2.35. The summed E-state index contributed by atoms with van der Waals surface area (Å²) in [4.78, 5) is 0. The third-order valence-electron chi connectivity index (χ3n) is 2.47. The minimum absolute atomic E-state index is 0.0705. The molecule has 7 heteroatoms. The first-order valence-electron chi connectivity index (χ1n) is 5.28. The lowest BCUT2D eigenvalue weighted by atomic mass is 10.2. The summed E-state index contributed by atoms with van der Waals surface area (Å²) in [6.45, 7) is 1.76. The standard InChI is InChI=1S/C13H6BrF5O/c1-5-2-3-7(6(14)4-5)20-13-11(18)9(16)8(15)10(17)12(13)19/h2-4H,1H3. The SMILES string of the molecule is Cc1ccc(Oc2c(F)c(F)c(F)c(F)c2F)c(Br)c1. The summed E-state index contributed by atoms with van der Waals surface area (Å²) in [6, 6.07) is 4.48. The molecule has 0 fully saturated rings. The van der Waals surface area contributed by atoms with Crippen molar-refractivity contribution in [2.75, 3.05) is 0 Å². The van der Waals surface area contributed by atoms with Crippen LogP contribution in [0.25, 0.3) is 0 Å². The zero-order chi connectivity index (χ0) is 15.0. The van der Waals surface area contributed by atoms with Gasteiger partial charge in [0.05, 0.1) is 4.47 Å². The van der Waals surface area contributed by atoms with Crippen LogP contribution >= 0.6 is 15.9 Å². The zero-order valence-electron chi connectivity index (χ0n) is 9.91. The number of hydrogen-bond donors (Lipinski definition) is 0. The molecule has 0 aromatic heterocycles. The largest absolute Gasteiger partial charge is 0.450 e. The van der Waals surface area contributed by atoms with Gasteiger partial charge in [-0.15, -0.1) is 0 Å². The molecule has 0 bridgehead atoms. The van der Waals surface area contributed by atoms with Gasteiger partial charge in [0.15, 0.2) is 0 Å². The molecular weight excluding hydrogens is 347 g/mol. The summed E-state index contributed by atoms with van der Waals surface area (Å²) < 4.78 is 70.9. The normalized spacial score (nSPS) is 10.8. The fourth-order valence-corrected chi connectivity index (χ4v) is 2.05.